The van der Waals surface area contributed by atoms with Crippen molar-refractivity contribution in [2.75, 3.05) is 45.4 Å². The molecule has 2 unspecified atom stereocenters. The maximum atomic E-state index is 2.74. The van der Waals surface area contributed by atoms with Crippen LogP contribution in [-0.4, -0.2) is 59.7 Å². The fourth-order valence-electron chi connectivity index (χ4n) is 5.51. The van der Waals surface area contributed by atoms with Crippen LogP contribution in [0.4, 0.5) is 0 Å². The minimum atomic E-state index is 0.321. The van der Waals surface area contributed by atoms with Crippen molar-refractivity contribution in [3.63, 3.8) is 0 Å². The second-order valence-corrected chi connectivity index (χ2v) is 11.7. The van der Waals surface area contributed by atoms with Crippen LogP contribution in [0.3, 0.4) is 0 Å². The first kappa shape index (κ1) is 21.0. The molecular formula is C22H45N3P+. The van der Waals surface area contributed by atoms with E-state index in [0.29, 0.717) is 7.92 Å². The zero-order valence-corrected chi connectivity index (χ0v) is 18.5. The topological polar surface area (TPSA) is 6.48 Å². The molecule has 0 aromatic rings. The van der Waals surface area contributed by atoms with E-state index in [1.54, 1.807) is 6.29 Å². The number of rotatable bonds is 15. The Morgan fingerprint density at radius 3 is 1.58 bits per heavy atom. The van der Waals surface area contributed by atoms with Gasteiger partial charge in [0.2, 0.25) is 0 Å². The van der Waals surface area contributed by atoms with Gasteiger partial charge in [0.15, 0.2) is 0 Å². The number of hydrogen-bond acceptors (Lipinski definition) is 2. The predicted molar refractivity (Wildman–Crippen MR) is 115 cm³/mol. The first-order valence-electron chi connectivity index (χ1n) is 11.8. The minimum Gasteiger partial charge on any atom is -0.295 e. The maximum absolute atomic E-state index is 2.74. The summed E-state index contributed by atoms with van der Waals surface area (Å²) in [5.74, 6) is 0. The van der Waals surface area contributed by atoms with Crippen molar-refractivity contribution < 1.29 is 4.48 Å². The fourth-order valence-corrected chi connectivity index (χ4v) is 8.44. The van der Waals surface area contributed by atoms with E-state index >= 15 is 0 Å². The highest BCUT2D eigenvalue weighted by Gasteiger charge is 2.48. The average Bonchev–Trinajstić information content (AvgIpc) is 2.61. The number of quaternary nitrogens is 1. The summed E-state index contributed by atoms with van der Waals surface area (Å²) in [5.41, 5.74) is 0. The smallest absolute Gasteiger partial charge is 0.137 e. The predicted octanol–water partition coefficient (Wildman–Crippen LogP) is 6.16. The molecule has 4 fully saturated rings. The molecule has 4 bridgehead atoms. The van der Waals surface area contributed by atoms with E-state index in [9.17, 15) is 0 Å². The highest BCUT2D eigenvalue weighted by Crippen LogP contribution is 2.50. The zero-order valence-electron chi connectivity index (χ0n) is 17.6. The van der Waals surface area contributed by atoms with Crippen LogP contribution in [-0.2, 0) is 0 Å². The Kier molecular flexibility index (Phi) is 9.18. The standard InChI is InChI=1S/C22H45N3P/c1-2-3-4-5-6-7-8-9-10-11-12-13-14-15-16-25-18-23-17-24(19-25)21-26(20-23)22-25/h2-22H2,1H3/q+1. The molecule has 4 saturated heterocycles. The Morgan fingerprint density at radius 2 is 1.12 bits per heavy atom. The number of nitrogens with zero attached hydrogens (tertiary/aromatic N) is 3. The molecule has 0 aromatic carbocycles. The van der Waals surface area contributed by atoms with Crippen molar-refractivity contribution in [1.82, 2.24) is 9.80 Å². The molecule has 4 aliphatic heterocycles. The van der Waals surface area contributed by atoms with Gasteiger partial charge in [0, 0.05) is 12.6 Å². The second-order valence-electron chi connectivity index (χ2n) is 9.52. The van der Waals surface area contributed by atoms with Gasteiger partial charge in [-0.05, 0) is 20.8 Å². The Morgan fingerprint density at radius 1 is 0.654 bits per heavy atom. The van der Waals surface area contributed by atoms with Gasteiger partial charge in [0.25, 0.3) is 0 Å². The SMILES string of the molecule is CCCCCCCCCCCCCCCC[N+]12CN3CN(CP(C3)C1)C2. The van der Waals surface area contributed by atoms with Crippen molar-refractivity contribution in [2.24, 2.45) is 0 Å². The molecular weight excluding hydrogens is 337 g/mol. The first-order valence-corrected chi connectivity index (χ1v) is 13.7. The lowest BCUT2D eigenvalue weighted by molar-refractivity contribution is -0.948. The van der Waals surface area contributed by atoms with Crippen LogP contribution in [0.1, 0.15) is 96.8 Å². The summed E-state index contributed by atoms with van der Waals surface area (Å²) >= 11 is 0. The van der Waals surface area contributed by atoms with Gasteiger partial charge in [-0.2, -0.15) is 0 Å². The summed E-state index contributed by atoms with van der Waals surface area (Å²) in [5, 5.41) is 0. The lowest BCUT2D eigenvalue weighted by Gasteiger charge is -2.60. The van der Waals surface area contributed by atoms with Crippen LogP contribution in [0, 0.1) is 0 Å². The van der Waals surface area contributed by atoms with Gasteiger partial charge in [0.1, 0.15) is 19.6 Å². The molecule has 0 amide bonds. The summed E-state index contributed by atoms with van der Waals surface area (Å²) in [4.78, 5) is 5.48. The molecule has 0 spiro atoms. The minimum absolute atomic E-state index is 0.321. The van der Waals surface area contributed by atoms with Gasteiger partial charge in [-0.1, -0.05) is 84.0 Å². The summed E-state index contributed by atoms with van der Waals surface area (Å²) in [7, 11) is 0.321. The van der Waals surface area contributed by atoms with Crippen molar-refractivity contribution in [3.8, 4) is 0 Å². The van der Waals surface area contributed by atoms with E-state index < -0.39 is 0 Å². The molecule has 152 valence electrons. The highest BCUT2D eigenvalue weighted by molar-refractivity contribution is 7.57. The third-order valence-corrected chi connectivity index (χ3v) is 9.29. The molecule has 0 radical (unpaired) electrons. The number of unbranched alkanes of at least 4 members (excludes halogenated alkanes) is 13. The third kappa shape index (κ3) is 6.73. The molecule has 4 aliphatic rings. The molecule has 4 heteroatoms. The summed E-state index contributed by atoms with van der Waals surface area (Å²) in [6.07, 6.45) is 25.1. The monoisotopic (exact) mass is 382 g/mol. The van der Waals surface area contributed by atoms with Crippen molar-refractivity contribution >= 4 is 7.92 Å². The molecule has 2 atom stereocenters. The molecule has 0 aromatic heterocycles. The molecule has 0 aliphatic carbocycles. The van der Waals surface area contributed by atoms with Crippen molar-refractivity contribution in [3.05, 3.63) is 0 Å². The lowest BCUT2D eigenvalue weighted by Crippen LogP contribution is -2.71. The molecule has 3 nitrogen and oxygen atoms in total. The molecule has 26 heavy (non-hydrogen) atoms. The Balaban J connectivity index is 1.11. The summed E-state index contributed by atoms with van der Waals surface area (Å²) in [6, 6.07) is 0. The molecule has 0 N–H and O–H groups in total. The van der Waals surface area contributed by atoms with E-state index in [0.717, 1.165) is 0 Å². The highest BCUT2D eigenvalue weighted by atomic mass is 31.1. The van der Waals surface area contributed by atoms with E-state index in [2.05, 4.69) is 16.7 Å². The van der Waals surface area contributed by atoms with Crippen LogP contribution >= 0.6 is 7.92 Å². The van der Waals surface area contributed by atoms with Gasteiger partial charge in [-0.15, -0.1) is 0 Å². The Bertz CT molecular complexity index is 352. The maximum Gasteiger partial charge on any atom is 0.137 e. The second kappa shape index (κ2) is 11.3. The summed E-state index contributed by atoms with van der Waals surface area (Å²) in [6.45, 7) is 7.78. The van der Waals surface area contributed by atoms with Gasteiger partial charge in [-0.25, -0.2) is 9.80 Å². The van der Waals surface area contributed by atoms with Crippen molar-refractivity contribution in [2.45, 2.75) is 96.8 Å². The van der Waals surface area contributed by atoms with Crippen LogP contribution in [0.2, 0.25) is 0 Å². The first-order chi connectivity index (χ1) is 12.8. The average molecular weight is 383 g/mol. The molecule has 0 saturated carbocycles. The third-order valence-electron chi connectivity index (χ3n) is 6.69. The van der Waals surface area contributed by atoms with E-state index in [1.807, 2.05) is 0 Å². The van der Waals surface area contributed by atoms with Gasteiger partial charge in [-0.3, -0.25) is 4.48 Å². The molecule has 4 heterocycles. The normalized spacial score (nSPS) is 32.4. The van der Waals surface area contributed by atoms with Crippen LogP contribution in [0.5, 0.6) is 0 Å². The van der Waals surface area contributed by atoms with Gasteiger partial charge in [0.05, 0.1) is 13.2 Å². The van der Waals surface area contributed by atoms with E-state index in [4.69, 9.17) is 0 Å². The van der Waals surface area contributed by atoms with E-state index in [-0.39, 0.29) is 0 Å². The summed E-state index contributed by atoms with van der Waals surface area (Å²) < 4.78 is 1.43. The number of hydrogen-bond donors (Lipinski definition) is 0. The van der Waals surface area contributed by atoms with Crippen LogP contribution < -0.4 is 0 Å². The van der Waals surface area contributed by atoms with E-state index in [1.165, 1.54) is 133 Å². The van der Waals surface area contributed by atoms with Gasteiger partial charge >= 0.3 is 0 Å². The Labute approximate surface area is 164 Å². The zero-order chi connectivity index (χ0) is 18.1. The Hall–Kier alpha value is 0.310. The van der Waals surface area contributed by atoms with Gasteiger partial charge < -0.3 is 0 Å². The fraction of sp³-hybridized carbons (Fsp3) is 1.00. The van der Waals surface area contributed by atoms with Crippen LogP contribution in [0.15, 0.2) is 0 Å². The molecule has 4 rings (SSSR count). The lowest BCUT2D eigenvalue weighted by atomic mass is 10.0. The van der Waals surface area contributed by atoms with Crippen molar-refractivity contribution in [1.29, 1.82) is 0 Å². The quantitative estimate of drug-likeness (QED) is 0.190. The largest absolute Gasteiger partial charge is 0.295 e. The van der Waals surface area contributed by atoms with Crippen LogP contribution in [0.25, 0.3) is 0 Å².